The third-order valence-electron chi connectivity index (χ3n) is 3.86. The molecular formula is C16H16N6O5. The molecule has 2 amide bonds. The third-order valence-corrected chi connectivity index (χ3v) is 3.86. The van der Waals surface area contributed by atoms with Gasteiger partial charge in [-0.05, 0) is 12.1 Å². The van der Waals surface area contributed by atoms with E-state index in [1.165, 1.54) is 23.7 Å². The molecule has 0 unspecified atom stereocenters. The Morgan fingerprint density at radius 3 is 2.67 bits per heavy atom. The average molecular weight is 372 g/mol. The monoisotopic (exact) mass is 372 g/mol. The molecule has 0 aliphatic carbocycles. The lowest BCUT2D eigenvalue weighted by molar-refractivity contribution is -0.121. The van der Waals surface area contributed by atoms with E-state index in [1.54, 1.807) is 12.1 Å². The highest BCUT2D eigenvalue weighted by Gasteiger charge is 2.13. The van der Waals surface area contributed by atoms with E-state index >= 15 is 0 Å². The van der Waals surface area contributed by atoms with Crippen molar-refractivity contribution in [2.45, 2.75) is 12.8 Å². The largest absolute Gasteiger partial charge is 0.507 e. The maximum atomic E-state index is 11.9. The summed E-state index contributed by atoms with van der Waals surface area (Å²) in [5.74, 6) is -1.02. The number of phenolic OH excluding ortho intramolecular Hbond substituents is 1. The van der Waals surface area contributed by atoms with Crippen LogP contribution in [0.4, 0.5) is 0 Å². The Morgan fingerprint density at radius 2 is 1.93 bits per heavy atom. The average Bonchev–Trinajstić information content (AvgIpc) is 3.08. The van der Waals surface area contributed by atoms with Gasteiger partial charge in [0.25, 0.3) is 11.5 Å². The Balaban J connectivity index is 1.60. The summed E-state index contributed by atoms with van der Waals surface area (Å²) in [5.41, 5.74) is 3.60. The molecule has 2 heterocycles. The summed E-state index contributed by atoms with van der Waals surface area (Å²) in [6.45, 7) is 0. The summed E-state index contributed by atoms with van der Waals surface area (Å²) < 4.78 is 1.18. The fourth-order valence-corrected chi connectivity index (χ4v) is 2.42. The normalized spacial score (nSPS) is 10.7. The van der Waals surface area contributed by atoms with Gasteiger partial charge in [0.1, 0.15) is 17.1 Å². The number of hydrogen-bond donors (Lipinski definition) is 5. The van der Waals surface area contributed by atoms with Crippen molar-refractivity contribution in [1.82, 2.24) is 30.4 Å². The van der Waals surface area contributed by atoms with Crippen LogP contribution in [0.15, 0.2) is 33.9 Å². The van der Waals surface area contributed by atoms with E-state index in [1.807, 2.05) is 0 Å². The van der Waals surface area contributed by atoms with Gasteiger partial charge in [-0.2, -0.15) is 0 Å². The number of rotatable bonds is 4. The van der Waals surface area contributed by atoms with Crippen molar-refractivity contribution < 1.29 is 14.7 Å². The standard InChI is InChI=1S/C16H16N6O5/c1-22-13-12(15(26)19-16(22)27)17-10(18-13)6-7-11(24)20-21-14(25)8-4-2-3-5-9(8)23/h2-5,23H,6-7H2,1H3,(H,17,18)(H,20,24)(H,21,25)(H,19,26,27). The number of hydrogen-bond acceptors (Lipinski definition) is 6. The molecule has 11 heteroatoms. The maximum Gasteiger partial charge on any atom is 0.329 e. The lowest BCUT2D eigenvalue weighted by Gasteiger charge is -2.07. The highest BCUT2D eigenvalue weighted by atomic mass is 16.3. The molecule has 0 aliphatic rings. The van der Waals surface area contributed by atoms with Crippen LogP contribution in [0.3, 0.4) is 0 Å². The number of benzene rings is 1. The summed E-state index contributed by atoms with van der Waals surface area (Å²) in [6.07, 6.45) is 0.118. The number of carbonyl (C=O) groups excluding carboxylic acids is 2. The first-order valence-corrected chi connectivity index (χ1v) is 7.92. The number of aryl methyl sites for hydroxylation is 2. The maximum absolute atomic E-state index is 11.9. The molecule has 3 aromatic rings. The van der Waals surface area contributed by atoms with Crippen LogP contribution in [0.1, 0.15) is 22.6 Å². The third kappa shape index (κ3) is 3.71. The van der Waals surface area contributed by atoms with Crippen LogP contribution in [0.5, 0.6) is 5.75 Å². The van der Waals surface area contributed by atoms with Crippen molar-refractivity contribution in [3.8, 4) is 5.75 Å². The Hall–Kier alpha value is -3.89. The number of nitrogens with zero attached hydrogens (tertiary/aromatic N) is 2. The Bertz CT molecular complexity index is 1140. The molecule has 5 N–H and O–H groups in total. The number of nitrogens with one attached hydrogen (secondary N) is 4. The van der Waals surface area contributed by atoms with E-state index in [2.05, 4.69) is 25.8 Å². The predicted octanol–water partition coefficient (Wildman–Crippen LogP) is -0.951. The van der Waals surface area contributed by atoms with Gasteiger partial charge in [0.05, 0.1) is 5.56 Å². The van der Waals surface area contributed by atoms with Gasteiger partial charge in [0.2, 0.25) is 5.91 Å². The minimum atomic E-state index is -0.660. The zero-order valence-electron chi connectivity index (χ0n) is 14.2. The number of fused-ring (bicyclic) bond motifs is 1. The van der Waals surface area contributed by atoms with E-state index in [4.69, 9.17) is 0 Å². The number of phenols is 1. The molecule has 0 aliphatic heterocycles. The number of H-pyrrole nitrogens is 2. The second-order valence-electron chi connectivity index (χ2n) is 5.72. The lowest BCUT2D eigenvalue weighted by Crippen LogP contribution is -2.41. The molecule has 140 valence electrons. The SMILES string of the molecule is Cn1c(=O)[nH]c(=O)c2[nH]c(CCC(=O)NNC(=O)c3ccccc3O)nc21. The topological polar surface area (TPSA) is 162 Å². The zero-order valence-corrected chi connectivity index (χ0v) is 14.2. The van der Waals surface area contributed by atoms with E-state index in [0.717, 1.165) is 0 Å². The number of carbonyl (C=O) groups is 2. The number of aromatic hydroxyl groups is 1. The van der Waals surface area contributed by atoms with E-state index in [9.17, 15) is 24.3 Å². The van der Waals surface area contributed by atoms with Crippen molar-refractivity contribution in [2.75, 3.05) is 0 Å². The van der Waals surface area contributed by atoms with Crippen LogP contribution in [0.25, 0.3) is 11.2 Å². The van der Waals surface area contributed by atoms with E-state index < -0.39 is 23.1 Å². The predicted molar refractivity (Wildman–Crippen MR) is 94.0 cm³/mol. The Kier molecular flexibility index (Phi) is 4.75. The van der Waals surface area contributed by atoms with Gasteiger partial charge in [-0.3, -0.25) is 34.8 Å². The smallest absolute Gasteiger partial charge is 0.329 e. The van der Waals surface area contributed by atoms with Crippen molar-refractivity contribution in [3.63, 3.8) is 0 Å². The molecule has 2 aromatic heterocycles. The number of imidazole rings is 1. The van der Waals surface area contributed by atoms with Gasteiger partial charge >= 0.3 is 5.69 Å². The fraction of sp³-hybridized carbons (Fsp3) is 0.188. The van der Waals surface area contributed by atoms with Crippen LogP contribution < -0.4 is 22.1 Å². The van der Waals surface area contributed by atoms with Crippen LogP contribution >= 0.6 is 0 Å². The summed E-state index contributed by atoms with van der Waals surface area (Å²) in [4.78, 5) is 56.2. The van der Waals surface area contributed by atoms with Gasteiger partial charge in [-0.15, -0.1) is 0 Å². The van der Waals surface area contributed by atoms with Crippen molar-refractivity contribution in [2.24, 2.45) is 7.05 Å². The molecular weight excluding hydrogens is 356 g/mol. The van der Waals surface area contributed by atoms with Crippen molar-refractivity contribution in [3.05, 3.63) is 56.5 Å². The van der Waals surface area contributed by atoms with Gasteiger partial charge < -0.3 is 10.1 Å². The van der Waals surface area contributed by atoms with E-state index in [0.29, 0.717) is 5.82 Å². The number of para-hydroxylation sites is 1. The zero-order chi connectivity index (χ0) is 19.6. The number of aromatic amines is 2. The molecule has 0 spiro atoms. The number of aromatic nitrogens is 4. The van der Waals surface area contributed by atoms with Crippen LogP contribution in [0, 0.1) is 0 Å². The van der Waals surface area contributed by atoms with Crippen LogP contribution in [-0.2, 0) is 18.3 Å². The molecule has 0 bridgehead atoms. The molecule has 3 rings (SSSR count). The van der Waals surface area contributed by atoms with Gasteiger partial charge in [-0.25, -0.2) is 9.78 Å². The summed E-state index contributed by atoms with van der Waals surface area (Å²) in [5, 5.41) is 9.59. The fourth-order valence-electron chi connectivity index (χ4n) is 2.42. The van der Waals surface area contributed by atoms with Gasteiger partial charge in [0.15, 0.2) is 5.65 Å². The van der Waals surface area contributed by atoms with E-state index in [-0.39, 0.29) is 35.3 Å². The minimum Gasteiger partial charge on any atom is -0.507 e. The molecule has 0 saturated heterocycles. The quantitative estimate of drug-likeness (QED) is 0.371. The molecule has 0 fully saturated rings. The van der Waals surface area contributed by atoms with Crippen molar-refractivity contribution in [1.29, 1.82) is 0 Å². The highest BCUT2D eigenvalue weighted by Crippen LogP contribution is 2.14. The van der Waals surface area contributed by atoms with Crippen molar-refractivity contribution >= 4 is 23.0 Å². The summed E-state index contributed by atoms with van der Waals surface area (Å²) >= 11 is 0. The first kappa shape index (κ1) is 17.9. The number of amides is 2. The second-order valence-corrected chi connectivity index (χ2v) is 5.72. The minimum absolute atomic E-state index is 0.0234. The van der Waals surface area contributed by atoms with Gasteiger partial charge in [-0.1, -0.05) is 12.1 Å². The molecule has 0 saturated carbocycles. The van der Waals surface area contributed by atoms with Gasteiger partial charge in [0, 0.05) is 19.9 Å². The summed E-state index contributed by atoms with van der Waals surface area (Å²) in [7, 11) is 1.46. The first-order valence-electron chi connectivity index (χ1n) is 7.92. The Labute approximate surface area is 151 Å². The lowest BCUT2D eigenvalue weighted by atomic mass is 10.2. The molecule has 0 radical (unpaired) electrons. The van der Waals surface area contributed by atoms with Crippen LogP contribution in [0.2, 0.25) is 0 Å². The second kappa shape index (κ2) is 7.15. The molecule has 1 aromatic carbocycles. The summed E-state index contributed by atoms with van der Waals surface area (Å²) in [6, 6.07) is 5.91. The molecule has 11 nitrogen and oxygen atoms in total. The Morgan fingerprint density at radius 1 is 1.19 bits per heavy atom. The number of hydrazine groups is 1. The molecule has 27 heavy (non-hydrogen) atoms. The first-order chi connectivity index (χ1) is 12.9. The molecule has 0 atom stereocenters. The van der Waals surface area contributed by atoms with Crippen LogP contribution in [-0.4, -0.2) is 36.4 Å². The highest BCUT2D eigenvalue weighted by molar-refractivity contribution is 5.97.